The minimum absolute atomic E-state index is 0.126. The van der Waals surface area contributed by atoms with Crippen molar-refractivity contribution < 1.29 is 14.3 Å². The number of piperidine rings is 2. The molecule has 2 atom stereocenters. The lowest BCUT2D eigenvalue weighted by Gasteiger charge is -2.45. The molecular weight excluding hydrogens is 436 g/mol. The summed E-state index contributed by atoms with van der Waals surface area (Å²) in [6, 6.07) is 7.39. The number of aromatic nitrogens is 3. The van der Waals surface area contributed by atoms with Crippen LogP contribution >= 0.6 is 0 Å². The Kier molecular flexibility index (Phi) is 8.23. The zero-order chi connectivity index (χ0) is 23.9. The highest BCUT2D eigenvalue weighted by molar-refractivity contribution is 5.85. The number of methoxy groups -OCH3 is 1. The van der Waals surface area contributed by atoms with E-state index in [-0.39, 0.29) is 24.6 Å². The van der Waals surface area contributed by atoms with Gasteiger partial charge in [0.25, 0.3) is 5.56 Å². The number of benzene rings is 1. The normalized spacial score (nSPS) is 20.6. The maximum Gasteiger partial charge on any atom is 0.278 e. The topological polar surface area (TPSA) is 110 Å². The molecule has 1 aromatic heterocycles. The Morgan fingerprint density at radius 2 is 2.00 bits per heavy atom. The first-order valence-electron chi connectivity index (χ1n) is 12.2. The van der Waals surface area contributed by atoms with E-state index >= 15 is 0 Å². The van der Waals surface area contributed by atoms with Gasteiger partial charge in [0.05, 0.1) is 18.5 Å². The summed E-state index contributed by atoms with van der Waals surface area (Å²) >= 11 is 0. The predicted molar refractivity (Wildman–Crippen MR) is 127 cm³/mol. The maximum absolute atomic E-state index is 13.0. The average molecular weight is 471 g/mol. The second-order valence-electron chi connectivity index (χ2n) is 9.18. The molecule has 34 heavy (non-hydrogen) atoms. The van der Waals surface area contributed by atoms with Crippen molar-refractivity contribution in [2.24, 2.45) is 5.92 Å². The van der Waals surface area contributed by atoms with Gasteiger partial charge in [-0.2, -0.15) is 0 Å². The lowest BCUT2D eigenvalue weighted by Crippen LogP contribution is -2.53. The summed E-state index contributed by atoms with van der Waals surface area (Å²) in [5.41, 5.74) is 0.0931. The van der Waals surface area contributed by atoms with Crippen LogP contribution in [0.5, 0.6) is 0 Å². The van der Waals surface area contributed by atoms with Gasteiger partial charge in [-0.15, -0.1) is 5.10 Å². The third-order valence-corrected chi connectivity index (χ3v) is 6.96. The van der Waals surface area contributed by atoms with Gasteiger partial charge in [0.1, 0.15) is 12.1 Å². The summed E-state index contributed by atoms with van der Waals surface area (Å²) < 4.78 is 6.24. The molecule has 0 spiro atoms. The van der Waals surface area contributed by atoms with Crippen molar-refractivity contribution in [3.05, 3.63) is 34.6 Å². The van der Waals surface area contributed by atoms with Crippen molar-refractivity contribution in [1.29, 1.82) is 0 Å². The Hall–Kier alpha value is -2.85. The van der Waals surface area contributed by atoms with Gasteiger partial charge in [-0.3, -0.25) is 14.4 Å². The van der Waals surface area contributed by atoms with Crippen molar-refractivity contribution in [2.45, 2.75) is 44.7 Å². The van der Waals surface area contributed by atoms with E-state index in [9.17, 15) is 14.4 Å². The number of hydrogen-bond donors (Lipinski definition) is 1. The van der Waals surface area contributed by atoms with Gasteiger partial charge in [0.2, 0.25) is 11.8 Å². The van der Waals surface area contributed by atoms with Crippen molar-refractivity contribution in [3.63, 3.8) is 0 Å². The highest BCUT2D eigenvalue weighted by Crippen LogP contribution is 2.31. The van der Waals surface area contributed by atoms with Crippen LogP contribution in [0.2, 0.25) is 0 Å². The molecule has 2 fully saturated rings. The fourth-order valence-corrected chi connectivity index (χ4v) is 5.20. The van der Waals surface area contributed by atoms with E-state index < -0.39 is 5.91 Å². The molecule has 0 radical (unpaired) electrons. The molecular formula is C24H34N6O4. The summed E-state index contributed by atoms with van der Waals surface area (Å²) in [5, 5.41) is 10.9. The Morgan fingerprint density at radius 1 is 1.18 bits per heavy atom. The van der Waals surface area contributed by atoms with Crippen LogP contribution < -0.4 is 10.9 Å². The Bertz CT molecular complexity index is 1060. The minimum atomic E-state index is -0.456. The molecule has 0 saturated carbocycles. The molecule has 10 heteroatoms. The molecule has 0 bridgehead atoms. The first kappa shape index (κ1) is 24.3. The molecule has 2 amide bonds. The molecule has 2 saturated heterocycles. The number of amides is 2. The van der Waals surface area contributed by atoms with E-state index in [2.05, 4.69) is 20.5 Å². The van der Waals surface area contributed by atoms with E-state index in [1.54, 1.807) is 31.4 Å². The maximum atomic E-state index is 13.0. The van der Waals surface area contributed by atoms with E-state index in [1.807, 2.05) is 4.90 Å². The first-order chi connectivity index (χ1) is 16.6. The molecule has 10 nitrogen and oxygen atoms in total. The van der Waals surface area contributed by atoms with Crippen LogP contribution in [0, 0.1) is 5.92 Å². The van der Waals surface area contributed by atoms with Crippen molar-refractivity contribution in [1.82, 2.24) is 30.1 Å². The van der Waals surface area contributed by atoms with E-state index in [4.69, 9.17) is 4.74 Å². The smallest absolute Gasteiger partial charge is 0.278 e. The van der Waals surface area contributed by atoms with E-state index in [0.29, 0.717) is 42.6 Å². The average Bonchev–Trinajstić information content (AvgIpc) is 2.87. The largest absolute Gasteiger partial charge is 0.383 e. The fourth-order valence-electron chi connectivity index (χ4n) is 5.20. The van der Waals surface area contributed by atoms with Gasteiger partial charge in [0.15, 0.2) is 0 Å². The summed E-state index contributed by atoms with van der Waals surface area (Å²) in [6.07, 6.45) is 5.97. The molecule has 2 unspecified atom stereocenters. The Morgan fingerprint density at radius 3 is 2.85 bits per heavy atom. The summed E-state index contributed by atoms with van der Waals surface area (Å²) in [7, 11) is 1.62. The van der Waals surface area contributed by atoms with Crippen LogP contribution in [0.25, 0.3) is 10.9 Å². The Labute approximate surface area is 199 Å². The van der Waals surface area contributed by atoms with Crippen LogP contribution in [0.4, 0.5) is 0 Å². The number of fused-ring (bicyclic) bond motifs is 2. The highest BCUT2D eigenvalue weighted by Gasteiger charge is 2.34. The summed E-state index contributed by atoms with van der Waals surface area (Å²) in [4.78, 5) is 42.5. The van der Waals surface area contributed by atoms with Crippen LogP contribution in [-0.2, 0) is 20.9 Å². The summed E-state index contributed by atoms with van der Waals surface area (Å²) in [5.74, 6) is -0.157. The van der Waals surface area contributed by atoms with Crippen molar-refractivity contribution in [3.8, 4) is 0 Å². The van der Waals surface area contributed by atoms with Gasteiger partial charge >= 0.3 is 0 Å². The monoisotopic (exact) mass is 470 g/mol. The molecule has 0 aliphatic carbocycles. The number of nitrogens with one attached hydrogen (secondary N) is 1. The number of ether oxygens (including phenoxy) is 1. The van der Waals surface area contributed by atoms with Crippen LogP contribution in [-0.4, -0.2) is 89.1 Å². The lowest BCUT2D eigenvalue weighted by molar-refractivity contribution is -0.134. The van der Waals surface area contributed by atoms with E-state index in [0.717, 1.165) is 30.6 Å². The number of carbonyl (C=O) groups is 2. The SMILES string of the molecule is COCCN(CC1CCCN2CCCCC12)C(=O)CNC(=O)Cn1nnc2ccccc2c1=O. The molecule has 2 aromatic rings. The lowest BCUT2D eigenvalue weighted by atomic mass is 9.83. The van der Waals surface area contributed by atoms with Gasteiger partial charge in [-0.1, -0.05) is 23.8 Å². The van der Waals surface area contributed by atoms with Gasteiger partial charge in [-0.05, 0) is 56.8 Å². The van der Waals surface area contributed by atoms with Crippen molar-refractivity contribution >= 4 is 22.7 Å². The number of nitrogens with zero attached hydrogens (tertiary/aromatic N) is 5. The zero-order valence-corrected chi connectivity index (χ0v) is 19.8. The second kappa shape index (κ2) is 11.5. The fraction of sp³-hybridized carbons (Fsp3) is 0.625. The number of hydrogen-bond acceptors (Lipinski definition) is 7. The van der Waals surface area contributed by atoms with Crippen LogP contribution in [0.15, 0.2) is 29.1 Å². The van der Waals surface area contributed by atoms with Gasteiger partial charge in [0, 0.05) is 26.2 Å². The third kappa shape index (κ3) is 5.79. The van der Waals surface area contributed by atoms with Crippen LogP contribution in [0.1, 0.15) is 32.1 Å². The van der Waals surface area contributed by atoms with Crippen molar-refractivity contribution in [2.75, 3.05) is 46.4 Å². The summed E-state index contributed by atoms with van der Waals surface area (Å²) in [6.45, 7) is 3.50. The predicted octanol–water partition coefficient (Wildman–Crippen LogP) is 0.647. The molecule has 2 aliphatic heterocycles. The second-order valence-corrected chi connectivity index (χ2v) is 9.18. The zero-order valence-electron chi connectivity index (χ0n) is 19.8. The van der Waals surface area contributed by atoms with Gasteiger partial charge in [-0.25, -0.2) is 4.68 Å². The molecule has 3 heterocycles. The van der Waals surface area contributed by atoms with Crippen LogP contribution in [0.3, 0.4) is 0 Å². The number of carbonyl (C=O) groups excluding carboxylic acids is 2. The molecule has 184 valence electrons. The number of rotatable bonds is 9. The Balaban J connectivity index is 1.34. The standard InChI is InChI=1S/C24H34N6O4/c1-34-14-13-29(16-18-7-6-12-28-11-5-4-10-21(18)28)23(32)15-25-22(31)17-30-24(33)19-8-2-3-9-20(19)26-27-30/h2-3,8-9,18,21H,4-7,10-17H2,1H3,(H,25,31). The highest BCUT2D eigenvalue weighted by atomic mass is 16.5. The quantitative estimate of drug-likeness (QED) is 0.573. The first-order valence-corrected chi connectivity index (χ1v) is 12.2. The molecule has 2 aliphatic rings. The molecule has 1 aromatic carbocycles. The minimum Gasteiger partial charge on any atom is -0.383 e. The van der Waals surface area contributed by atoms with E-state index in [1.165, 1.54) is 19.3 Å². The molecule has 4 rings (SSSR count). The van der Waals surface area contributed by atoms with Gasteiger partial charge < -0.3 is 19.9 Å². The molecule has 1 N–H and O–H groups in total. The third-order valence-electron chi connectivity index (χ3n) is 6.96.